The molecule has 0 aliphatic heterocycles. The van der Waals surface area contributed by atoms with Gasteiger partial charge >= 0.3 is 0 Å². The largest absolute Gasteiger partial charge is 0.422 e. The highest BCUT2D eigenvalue weighted by molar-refractivity contribution is 5.85. The molecular weight excluding hydrogens is 274 g/mol. The van der Waals surface area contributed by atoms with Crippen molar-refractivity contribution in [1.29, 1.82) is 5.26 Å². The van der Waals surface area contributed by atoms with E-state index >= 15 is 0 Å². The van der Waals surface area contributed by atoms with Crippen molar-refractivity contribution in [1.82, 2.24) is 4.98 Å². The van der Waals surface area contributed by atoms with E-state index in [2.05, 4.69) is 15.5 Å². The molecule has 0 radical (unpaired) electrons. The van der Waals surface area contributed by atoms with Crippen LogP contribution in [0.25, 0.3) is 0 Å². The maximum absolute atomic E-state index is 10.8. The smallest absolute Gasteiger partial charge is 0.278 e. The lowest BCUT2D eigenvalue weighted by molar-refractivity contribution is -0.385. The number of oxazole rings is 1. The summed E-state index contributed by atoms with van der Waals surface area (Å²) in [6.07, 6.45) is 1.83. The quantitative estimate of drug-likeness (QED) is 0.512. The van der Waals surface area contributed by atoms with Gasteiger partial charge < -0.3 is 4.42 Å². The third kappa shape index (κ3) is 3.22. The van der Waals surface area contributed by atoms with Gasteiger partial charge in [-0.3, -0.25) is 10.1 Å². The lowest BCUT2D eigenvalue weighted by atomic mass is 10.2. The van der Waals surface area contributed by atoms with Crippen LogP contribution in [0.2, 0.25) is 0 Å². The summed E-state index contributed by atoms with van der Waals surface area (Å²) in [7, 11) is 0. The second-order valence-corrected chi connectivity index (χ2v) is 3.94. The molecule has 0 unspecified atom stereocenters. The average Bonchev–Trinajstić information content (AvgIpc) is 2.90. The molecule has 0 spiro atoms. The summed E-state index contributed by atoms with van der Waals surface area (Å²) in [6.45, 7) is 1.84. The third-order valence-electron chi connectivity index (χ3n) is 2.58. The van der Waals surface area contributed by atoms with Gasteiger partial charge in [0.15, 0.2) is 5.89 Å². The molecular formula is C13H11N5O3. The van der Waals surface area contributed by atoms with Crippen molar-refractivity contribution in [3.8, 4) is 6.07 Å². The maximum atomic E-state index is 10.8. The Bertz CT molecular complexity index is 730. The number of hydrogen-bond donors (Lipinski definition) is 1. The number of anilines is 1. The molecule has 8 nitrogen and oxygen atoms in total. The number of aromatic nitrogens is 1. The zero-order valence-electron chi connectivity index (χ0n) is 11.1. The van der Waals surface area contributed by atoms with Crippen LogP contribution in [0.3, 0.4) is 0 Å². The SMILES string of the molecule is CCc1nc(C#N)c(N/N=C\c2ccccc2[N+](=O)[O-])o1. The molecule has 0 atom stereocenters. The van der Waals surface area contributed by atoms with Crippen molar-refractivity contribution in [3.05, 3.63) is 51.5 Å². The molecule has 106 valence electrons. The Kier molecular flexibility index (Phi) is 4.26. The topological polar surface area (TPSA) is 117 Å². The Balaban J connectivity index is 2.19. The average molecular weight is 285 g/mol. The highest BCUT2D eigenvalue weighted by Gasteiger charge is 2.12. The summed E-state index contributed by atoms with van der Waals surface area (Å²) in [5, 5.41) is 23.6. The van der Waals surface area contributed by atoms with Gasteiger partial charge in [0.25, 0.3) is 11.6 Å². The van der Waals surface area contributed by atoms with Crippen molar-refractivity contribution in [2.75, 3.05) is 5.43 Å². The van der Waals surface area contributed by atoms with Crippen LogP contribution in [0.4, 0.5) is 11.6 Å². The molecule has 1 heterocycles. The first-order valence-electron chi connectivity index (χ1n) is 6.08. The molecule has 0 amide bonds. The minimum atomic E-state index is -0.494. The summed E-state index contributed by atoms with van der Waals surface area (Å²) in [5.41, 5.74) is 2.90. The van der Waals surface area contributed by atoms with Gasteiger partial charge in [0.2, 0.25) is 5.69 Å². The molecule has 0 fully saturated rings. The Hall–Kier alpha value is -3.21. The first-order valence-corrected chi connectivity index (χ1v) is 6.08. The monoisotopic (exact) mass is 285 g/mol. The summed E-state index contributed by atoms with van der Waals surface area (Å²) in [5.74, 6) is 0.527. The Labute approximate surface area is 119 Å². The van der Waals surface area contributed by atoms with E-state index < -0.39 is 4.92 Å². The second kappa shape index (κ2) is 6.29. The minimum Gasteiger partial charge on any atom is -0.422 e. The number of nitriles is 1. The number of benzene rings is 1. The summed E-state index contributed by atoms with van der Waals surface area (Å²) in [4.78, 5) is 14.3. The molecule has 0 aliphatic carbocycles. The number of nitro groups is 1. The first-order chi connectivity index (χ1) is 10.2. The minimum absolute atomic E-state index is 0.0598. The molecule has 1 aromatic carbocycles. The van der Waals surface area contributed by atoms with Crippen LogP contribution in [0.5, 0.6) is 0 Å². The predicted molar refractivity (Wildman–Crippen MR) is 74.9 cm³/mol. The van der Waals surface area contributed by atoms with Crippen LogP contribution in [0.15, 0.2) is 33.8 Å². The van der Waals surface area contributed by atoms with Crippen molar-refractivity contribution in [2.45, 2.75) is 13.3 Å². The molecule has 0 aliphatic rings. The first kappa shape index (κ1) is 14.2. The third-order valence-corrected chi connectivity index (χ3v) is 2.58. The molecule has 2 rings (SSSR count). The van der Waals surface area contributed by atoms with Gasteiger partial charge in [0.1, 0.15) is 6.07 Å². The van der Waals surface area contributed by atoms with Gasteiger partial charge in [-0.15, -0.1) is 0 Å². The van der Waals surface area contributed by atoms with Crippen molar-refractivity contribution in [2.24, 2.45) is 5.10 Å². The Morgan fingerprint density at radius 3 is 3.00 bits per heavy atom. The van der Waals surface area contributed by atoms with Gasteiger partial charge in [-0.05, 0) is 6.07 Å². The van der Waals surface area contributed by atoms with E-state index in [9.17, 15) is 10.1 Å². The standard InChI is InChI=1S/C13H11N5O3/c1-2-12-16-10(7-14)13(21-12)17-15-8-9-5-3-4-6-11(9)18(19)20/h3-6,8,17H,2H2,1H3/b15-8-. The zero-order valence-corrected chi connectivity index (χ0v) is 11.1. The fourth-order valence-electron chi connectivity index (χ4n) is 1.59. The molecule has 0 saturated heterocycles. The number of nitrogens with one attached hydrogen (secondary N) is 1. The molecule has 8 heteroatoms. The molecule has 21 heavy (non-hydrogen) atoms. The number of hydrazone groups is 1. The van der Waals surface area contributed by atoms with Crippen molar-refractivity contribution < 1.29 is 9.34 Å². The van der Waals surface area contributed by atoms with Crippen LogP contribution in [0, 0.1) is 21.4 Å². The maximum Gasteiger partial charge on any atom is 0.278 e. The van der Waals surface area contributed by atoms with Crippen LogP contribution in [0.1, 0.15) is 24.1 Å². The van der Waals surface area contributed by atoms with Crippen molar-refractivity contribution >= 4 is 17.8 Å². The second-order valence-electron chi connectivity index (χ2n) is 3.94. The van der Waals surface area contributed by atoms with Gasteiger partial charge in [-0.25, -0.2) is 10.4 Å². The highest BCUT2D eigenvalue weighted by Crippen LogP contribution is 2.18. The number of nitro benzene ring substituents is 1. The van der Waals surface area contributed by atoms with E-state index in [0.29, 0.717) is 17.9 Å². The number of rotatable bonds is 5. The predicted octanol–water partition coefficient (Wildman–Crippen LogP) is 2.46. The number of aryl methyl sites for hydroxylation is 1. The van der Waals surface area contributed by atoms with E-state index in [1.807, 2.05) is 13.0 Å². The van der Waals surface area contributed by atoms with Gasteiger partial charge in [-0.1, -0.05) is 19.1 Å². The summed E-state index contributed by atoms with van der Waals surface area (Å²) >= 11 is 0. The highest BCUT2D eigenvalue weighted by atomic mass is 16.6. The van der Waals surface area contributed by atoms with E-state index in [0.717, 1.165) is 0 Å². The van der Waals surface area contributed by atoms with E-state index in [-0.39, 0.29) is 17.3 Å². The molecule has 2 aromatic rings. The van der Waals surface area contributed by atoms with Crippen molar-refractivity contribution in [3.63, 3.8) is 0 Å². The molecule has 1 N–H and O–H groups in total. The molecule has 0 saturated carbocycles. The lowest BCUT2D eigenvalue weighted by Gasteiger charge is -1.97. The zero-order chi connectivity index (χ0) is 15.2. The lowest BCUT2D eigenvalue weighted by Crippen LogP contribution is -1.96. The molecule has 0 bridgehead atoms. The van der Waals surface area contributed by atoms with E-state index in [4.69, 9.17) is 9.68 Å². The number of para-hydroxylation sites is 1. The fourth-order valence-corrected chi connectivity index (χ4v) is 1.59. The number of nitrogens with zero attached hydrogens (tertiary/aromatic N) is 4. The van der Waals surface area contributed by atoms with Gasteiger partial charge in [0.05, 0.1) is 16.7 Å². The van der Waals surface area contributed by atoms with Crippen LogP contribution in [-0.2, 0) is 6.42 Å². The normalized spacial score (nSPS) is 10.5. The van der Waals surface area contributed by atoms with E-state index in [1.54, 1.807) is 18.2 Å². The Morgan fingerprint density at radius 2 is 2.33 bits per heavy atom. The van der Waals surface area contributed by atoms with E-state index in [1.165, 1.54) is 12.3 Å². The van der Waals surface area contributed by atoms with Crippen LogP contribution in [-0.4, -0.2) is 16.1 Å². The summed E-state index contributed by atoms with van der Waals surface area (Å²) < 4.78 is 5.28. The Morgan fingerprint density at radius 1 is 1.57 bits per heavy atom. The van der Waals surface area contributed by atoms with Gasteiger partial charge in [-0.2, -0.15) is 10.4 Å². The molecule has 1 aromatic heterocycles. The fraction of sp³-hybridized carbons (Fsp3) is 0.154. The van der Waals surface area contributed by atoms with Crippen LogP contribution < -0.4 is 5.43 Å². The summed E-state index contributed by atoms with van der Waals surface area (Å²) in [6, 6.07) is 8.06. The number of hydrogen-bond acceptors (Lipinski definition) is 7. The van der Waals surface area contributed by atoms with Gasteiger partial charge in [0, 0.05) is 12.5 Å². The van der Waals surface area contributed by atoms with Crippen LogP contribution >= 0.6 is 0 Å².